The molecular weight excluding hydrogens is 486 g/mol. The van der Waals surface area contributed by atoms with Crippen molar-refractivity contribution in [1.29, 1.82) is 0 Å². The zero-order chi connectivity index (χ0) is 27.3. The Morgan fingerprint density at radius 1 is 1.08 bits per heavy atom. The number of nitrogens with zero attached hydrogens (tertiary/aromatic N) is 1. The van der Waals surface area contributed by atoms with Crippen LogP contribution in [0.25, 0.3) is 0 Å². The topological polar surface area (TPSA) is 99.2 Å². The summed E-state index contributed by atoms with van der Waals surface area (Å²) in [5.41, 5.74) is -1.41. The summed E-state index contributed by atoms with van der Waals surface area (Å²) in [5.74, 6) is -2.29. The molecule has 0 heterocycles. The summed E-state index contributed by atoms with van der Waals surface area (Å²) in [5, 5.41) is 0.383. The molecule has 1 amide bonds. The van der Waals surface area contributed by atoms with Crippen LogP contribution < -0.4 is 0 Å². The zero-order valence-electron chi connectivity index (χ0n) is 22.3. The van der Waals surface area contributed by atoms with E-state index in [-0.39, 0.29) is 18.1 Å². The average molecular weight is 524 g/mol. The number of likely N-dealkylation sites (N-methyl/N-ethyl adjacent to an activating group) is 1. The van der Waals surface area contributed by atoms with Crippen LogP contribution in [0.1, 0.15) is 79.2 Å². The summed E-state index contributed by atoms with van der Waals surface area (Å²) in [4.78, 5) is 52.7. The van der Waals surface area contributed by atoms with Crippen LogP contribution in [0.3, 0.4) is 0 Å². The molecule has 0 radical (unpaired) electrons. The van der Waals surface area contributed by atoms with Gasteiger partial charge in [-0.3, -0.25) is 19.3 Å². The van der Waals surface area contributed by atoms with E-state index in [2.05, 4.69) is 0 Å². The fraction of sp³-hybridized carbons (Fsp3) is 0.630. The Morgan fingerprint density at radius 2 is 1.72 bits per heavy atom. The van der Waals surface area contributed by atoms with Crippen LogP contribution in [0.15, 0.2) is 24.3 Å². The molecule has 1 aromatic rings. The van der Waals surface area contributed by atoms with Crippen molar-refractivity contribution in [1.82, 2.24) is 4.90 Å². The number of carbonyl (C=O) groups is 4. The summed E-state index contributed by atoms with van der Waals surface area (Å²) < 4.78 is 16.1. The second kappa shape index (κ2) is 12.1. The van der Waals surface area contributed by atoms with Crippen LogP contribution in [0.2, 0.25) is 5.02 Å². The first-order valence-corrected chi connectivity index (χ1v) is 12.7. The molecule has 1 aromatic carbocycles. The summed E-state index contributed by atoms with van der Waals surface area (Å²) in [6.07, 6.45) is -0.0310. The highest BCUT2D eigenvalue weighted by Gasteiger charge is 2.49. The van der Waals surface area contributed by atoms with Crippen LogP contribution in [-0.4, -0.2) is 47.7 Å². The lowest BCUT2D eigenvalue weighted by Gasteiger charge is -2.43. The lowest BCUT2D eigenvalue weighted by molar-refractivity contribution is -0.177. The van der Waals surface area contributed by atoms with E-state index in [1.165, 1.54) is 18.9 Å². The minimum absolute atomic E-state index is 0.122. The predicted octanol–water partition coefficient (Wildman–Crippen LogP) is 5.64. The quantitative estimate of drug-likeness (QED) is 0.321. The zero-order valence-corrected chi connectivity index (χ0v) is 23.0. The van der Waals surface area contributed by atoms with E-state index in [4.69, 9.17) is 25.8 Å². The minimum Gasteiger partial charge on any atom is -0.460 e. The molecule has 1 aliphatic carbocycles. The Labute approximate surface area is 218 Å². The lowest BCUT2D eigenvalue weighted by Crippen LogP contribution is -2.55. The maximum absolute atomic E-state index is 13.2. The van der Waals surface area contributed by atoms with Crippen molar-refractivity contribution in [3.63, 3.8) is 0 Å². The van der Waals surface area contributed by atoms with Crippen molar-refractivity contribution < 1.29 is 33.4 Å². The van der Waals surface area contributed by atoms with Crippen molar-refractivity contribution in [3.05, 3.63) is 34.9 Å². The highest BCUT2D eigenvalue weighted by molar-refractivity contribution is 6.31. The van der Waals surface area contributed by atoms with Gasteiger partial charge < -0.3 is 14.2 Å². The van der Waals surface area contributed by atoms with Gasteiger partial charge in [0.1, 0.15) is 11.1 Å². The van der Waals surface area contributed by atoms with Crippen molar-refractivity contribution >= 4 is 35.4 Å². The number of ether oxygens (including phenoxy) is 3. The summed E-state index contributed by atoms with van der Waals surface area (Å²) in [6, 6.07) is 6.95. The molecule has 8 nitrogen and oxygen atoms in total. The third-order valence-electron chi connectivity index (χ3n) is 6.28. The molecule has 1 aliphatic rings. The molecule has 2 rings (SSSR count). The highest BCUT2D eigenvalue weighted by Crippen LogP contribution is 2.42. The lowest BCUT2D eigenvalue weighted by atomic mass is 9.74. The molecule has 0 N–H and O–H groups in total. The standard InChI is InChI=1S/C27H38ClNO7/c1-17(2)19(16-23(31)36-26(4,5)6)24(32)34-18(3)35-25(33)29(7)27(15-11-10-14-22(27)30)20-12-8-9-13-21(20)28/h8-9,12-13,17-19H,10-11,14-16H2,1-7H3/t18?,19-,27-/m0/s1. The molecule has 0 saturated heterocycles. The van der Waals surface area contributed by atoms with Gasteiger partial charge in [-0.2, -0.15) is 0 Å². The Morgan fingerprint density at radius 3 is 2.28 bits per heavy atom. The third-order valence-corrected chi connectivity index (χ3v) is 6.61. The number of carbonyl (C=O) groups excluding carboxylic acids is 4. The van der Waals surface area contributed by atoms with E-state index in [9.17, 15) is 19.2 Å². The fourth-order valence-electron chi connectivity index (χ4n) is 4.44. The minimum atomic E-state index is -1.27. The van der Waals surface area contributed by atoms with Crippen LogP contribution >= 0.6 is 11.6 Å². The largest absolute Gasteiger partial charge is 0.460 e. The predicted molar refractivity (Wildman–Crippen MR) is 135 cm³/mol. The molecule has 0 spiro atoms. The first-order valence-electron chi connectivity index (χ1n) is 12.3. The Hall–Kier alpha value is -2.61. The molecule has 1 unspecified atom stereocenters. The molecule has 0 bridgehead atoms. The first kappa shape index (κ1) is 29.6. The summed E-state index contributed by atoms with van der Waals surface area (Å²) >= 11 is 6.44. The van der Waals surface area contributed by atoms with Crippen molar-refractivity contribution in [2.24, 2.45) is 11.8 Å². The van der Waals surface area contributed by atoms with Crippen LogP contribution in [-0.2, 0) is 34.1 Å². The van der Waals surface area contributed by atoms with Crippen LogP contribution in [0.5, 0.6) is 0 Å². The average Bonchev–Trinajstić information content (AvgIpc) is 2.76. The van der Waals surface area contributed by atoms with Crippen LogP contribution in [0, 0.1) is 11.8 Å². The number of amides is 1. The van der Waals surface area contributed by atoms with Crippen molar-refractivity contribution in [2.75, 3.05) is 7.05 Å². The van der Waals surface area contributed by atoms with E-state index in [1.807, 2.05) is 0 Å². The molecule has 200 valence electrons. The number of hydrogen-bond donors (Lipinski definition) is 0. The number of halogens is 1. The Balaban J connectivity index is 2.14. The molecule has 0 aromatic heterocycles. The summed E-state index contributed by atoms with van der Waals surface area (Å²) in [7, 11) is 1.49. The maximum Gasteiger partial charge on any atom is 0.413 e. The highest BCUT2D eigenvalue weighted by atomic mass is 35.5. The monoisotopic (exact) mass is 523 g/mol. The number of Topliss-reactive ketones (excluding diaryl/α,β-unsaturated/α-hetero) is 1. The second-order valence-electron chi connectivity index (χ2n) is 10.6. The van der Waals surface area contributed by atoms with Gasteiger partial charge in [0.15, 0.2) is 5.78 Å². The van der Waals surface area contributed by atoms with Gasteiger partial charge in [0.2, 0.25) is 6.29 Å². The first-order chi connectivity index (χ1) is 16.7. The number of benzene rings is 1. The normalized spacial score (nSPS) is 19.9. The van der Waals surface area contributed by atoms with Gasteiger partial charge in [-0.05, 0) is 52.0 Å². The van der Waals surface area contributed by atoms with Gasteiger partial charge in [0.25, 0.3) is 0 Å². The van der Waals surface area contributed by atoms with Crippen molar-refractivity contribution in [2.45, 2.75) is 91.1 Å². The fourth-order valence-corrected chi connectivity index (χ4v) is 4.73. The molecular formula is C27H38ClNO7. The number of rotatable bonds is 8. The molecule has 0 aliphatic heterocycles. The SMILES string of the molecule is CC(OC(=O)[C@@H](CC(=O)OC(C)(C)C)C(C)C)OC(=O)N(C)[C@]1(c2ccccc2Cl)CCCCC1=O. The Bertz CT molecular complexity index is 971. The van der Waals surface area contributed by atoms with Gasteiger partial charge in [-0.1, -0.05) is 43.6 Å². The second-order valence-corrected chi connectivity index (χ2v) is 11.0. The number of ketones is 1. The van der Waals surface area contributed by atoms with Crippen molar-refractivity contribution in [3.8, 4) is 0 Å². The third kappa shape index (κ3) is 7.21. The van der Waals surface area contributed by atoms with Gasteiger partial charge in [0, 0.05) is 31.0 Å². The van der Waals surface area contributed by atoms with Gasteiger partial charge in [-0.25, -0.2) is 4.79 Å². The van der Waals surface area contributed by atoms with E-state index in [0.717, 1.165) is 12.8 Å². The van der Waals surface area contributed by atoms with Crippen LogP contribution in [0.4, 0.5) is 4.79 Å². The van der Waals surface area contributed by atoms with E-state index in [0.29, 0.717) is 23.4 Å². The molecule has 1 fully saturated rings. The molecule has 36 heavy (non-hydrogen) atoms. The van der Waals surface area contributed by atoms with Gasteiger partial charge >= 0.3 is 18.0 Å². The smallest absolute Gasteiger partial charge is 0.413 e. The van der Waals surface area contributed by atoms with E-state index < -0.39 is 41.4 Å². The van der Waals surface area contributed by atoms with Gasteiger partial charge in [0.05, 0.1) is 12.3 Å². The molecule has 1 saturated carbocycles. The maximum atomic E-state index is 13.2. The van der Waals surface area contributed by atoms with E-state index >= 15 is 0 Å². The van der Waals surface area contributed by atoms with E-state index in [1.54, 1.807) is 58.9 Å². The summed E-state index contributed by atoms with van der Waals surface area (Å²) in [6.45, 7) is 10.2. The molecule has 3 atom stereocenters. The number of hydrogen-bond acceptors (Lipinski definition) is 7. The molecule has 9 heteroatoms. The van der Waals surface area contributed by atoms with Gasteiger partial charge in [-0.15, -0.1) is 0 Å². The number of esters is 2. The Kier molecular flexibility index (Phi) is 9.94.